The molecule has 162 valence electrons. The summed E-state index contributed by atoms with van der Waals surface area (Å²) in [5.74, 6) is 0.0525. The molecule has 7 nitrogen and oxygen atoms in total. The summed E-state index contributed by atoms with van der Waals surface area (Å²) in [6, 6.07) is 9.03. The number of esters is 1. The number of rotatable bonds is 6. The Labute approximate surface area is 178 Å². The average Bonchev–Trinajstić information content (AvgIpc) is 2.97. The van der Waals surface area contributed by atoms with Crippen molar-refractivity contribution in [3.63, 3.8) is 0 Å². The second-order valence-corrected chi connectivity index (χ2v) is 9.50. The maximum absolute atomic E-state index is 13.2. The predicted octanol–water partition coefficient (Wildman–Crippen LogP) is 2.97. The highest BCUT2D eigenvalue weighted by atomic mass is 32.2. The Bertz CT molecular complexity index is 1040. The molecule has 0 bridgehead atoms. The number of methoxy groups -OCH3 is 2. The van der Waals surface area contributed by atoms with Crippen molar-refractivity contribution in [2.75, 3.05) is 27.3 Å². The monoisotopic (exact) mass is 432 g/mol. The first-order valence-electron chi connectivity index (χ1n) is 9.74. The van der Waals surface area contributed by atoms with Crippen molar-refractivity contribution >= 4 is 16.2 Å². The van der Waals surface area contributed by atoms with Gasteiger partial charge in [0.1, 0.15) is 5.75 Å². The molecule has 30 heavy (non-hydrogen) atoms. The van der Waals surface area contributed by atoms with Crippen molar-refractivity contribution in [2.24, 2.45) is 0 Å². The van der Waals surface area contributed by atoms with Gasteiger partial charge < -0.3 is 9.47 Å². The van der Waals surface area contributed by atoms with Gasteiger partial charge in [-0.25, -0.2) is 4.79 Å². The molecule has 1 aliphatic heterocycles. The molecule has 0 radical (unpaired) electrons. The van der Waals surface area contributed by atoms with Gasteiger partial charge >= 0.3 is 5.97 Å². The number of hydrogen-bond donors (Lipinski definition) is 0. The van der Waals surface area contributed by atoms with Crippen LogP contribution in [0.2, 0.25) is 0 Å². The standard InChI is InChI=1S/C22H28N2O5S/c1-15-10-16(2)20(17(3)11-15)14-24-9-8-23(30(24,26)27)13-19-12-18(22(25)29-5)6-7-21(19)28-4/h6-7,10-12H,8-9,13-14H2,1-5H3. The fourth-order valence-corrected chi connectivity index (χ4v) is 5.46. The molecule has 0 unspecified atom stereocenters. The molecule has 0 N–H and O–H groups in total. The Morgan fingerprint density at radius 1 is 0.967 bits per heavy atom. The van der Waals surface area contributed by atoms with E-state index in [-0.39, 0.29) is 6.54 Å². The molecule has 2 aromatic carbocycles. The fraction of sp³-hybridized carbons (Fsp3) is 0.409. The number of ether oxygens (including phenoxy) is 2. The van der Waals surface area contributed by atoms with Crippen LogP contribution < -0.4 is 4.74 Å². The SMILES string of the molecule is COC(=O)c1ccc(OC)c(CN2CCN(Cc3c(C)cc(C)cc3C)S2(=O)=O)c1. The van der Waals surface area contributed by atoms with Gasteiger partial charge in [-0.1, -0.05) is 17.7 Å². The molecule has 1 heterocycles. The summed E-state index contributed by atoms with van der Waals surface area (Å²) in [6.07, 6.45) is 0. The lowest BCUT2D eigenvalue weighted by Crippen LogP contribution is -2.33. The number of carbonyl (C=O) groups excluding carboxylic acids is 1. The van der Waals surface area contributed by atoms with E-state index in [1.807, 2.05) is 20.8 Å². The van der Waals surface area contributed by atoms with Crippen LogP contribution in [-0.2, 0) is 28.0 Å². The summed E-state index contributed by atoms with van der Waals surface area (Å²) >= 11 is 0. The van der Waals surface area contributed by atoms with Crippen molar-refractivity contribution < 1.29 is 22.7 Å². The highest BCUT2D eigenvalue weighted by Crippen LogP contribution is 2.28. The lowest BCUT2D eigenvalue weighted by atomic mass is 10.00. The first-order chi connectivity index (χ1) is 14.2. The van der Waals surface area contributed by atoms with Gasteiger partial charge in [0.05, 0.1) is 19.8 Å². The van der Waals surface area contributed by atoms with Crippen LogP contribution in [0.15, 0.2) is 30.3 Å². The lowest BCUT2D eigenvalue weighted by molar-refractivity contribution is 0.0600. The summed E-state index contributed by atoms with van der Waals surface area (Å²) in [6.45, 7) is 7.31. The average molecular weight is 433 g/mol. The predicted molar refractivity (Wildman–Crippen MR) is 115 cm³/mol. The summed E-state index contributed by atoms with van der Waals surface area (Å²) in [4.78, 5) is 11.9. The molecule has 2 aromatic rings. The van der Waals surface area contributed by atoms with Crippen molar-refractivity contribution in [1.29, 1.82) is 0 Å². The summed E-state index contributed by atoms with van der Waals surface area (Å²) in [7, 11) is -0.809. The quantitative estimate of drug-likeness (QED) is 0.656. The van der Waals surface area contributed by atoms with Crippen molar-refractivity contribution in [1.82, 2.24) is 8.61 Å². The van der Waals surface area contributed by atoms with E-state index >= 15 is 0 Å². The van der Waals surface area contributed by atoms with E-state index in [4.69, 9.17) is 9.47 Å². The van der Waals surface area contributed by atoms with Crippen LogP contribution in [-0.4, -0.2) is 50.3 Å². The van der Waals surface area contributed by atoms with E-state index in [0.29, 0.717) is 36.5 Å². The van der Waals surface area contributed by atoms with Crippen LogP contribution >= 0.6 is 0 Å². The summed E-state index contributed by atoms with van der Waals surface area (Å²) < 4.78 is 39.4. The first-order valence-corrected chi connectivity index (χ1v) is 11.1. The van der Waals surface area contributed by atoms with Crippen LogP contribution in [0.25, 0.3) is 0 Å². The largest absolute Gasteiger partial charge is 0.496 e. The number of carbonyl (C=O) groups is 1. The van der Waals surface area contributed by atoms with E-state index in [0.717, 1.165) is 22.3 Å². The highest BCUT2D eigenvalue weighted by Gasteiger charge is 2.37. The van der Waals surface area contributed by atoms with Gasteiger partial charge in [0.25, 0.3) is 10.2 Å². The van der Waals surface area contributed by atoms with E-state index in [2.05, 4.69) is 12.1 Å². The minimum absolute atomic E-state index is 0.124. The minimum Gasteiger partial charge on any atom is -0.496 e. The smallest absolute Gasteiger partial charge is 0.337 e. The molecule has 3 rings (SSSR count). The van der Waals surface area contributed by atoms with Crippen molar-refractivity contribution in [2.45, 2.75) is 33.9 Å². The van der Waals surface area contributed by atoms with E-state index in [1.165, 1.54) is 22.8 Å². The van der Waals surface area contributed by atoms with Gasteiger partial charge in [0, 0.05) is 31.7 Å². The zero-order valence-electron chi connectivity index (χ0n) is 18.1. The fourth-order valence-electron chi connectivity index (χ4n) is 3.91. The molecule has 1 fully saturated rings. The highest BCUT2D eigenvalue weighted by molar-refractivity contribution is 7.86. The van der Waals surface area contributed by atoms with E-state index in [9.17, 15) is 13.2 Å². The summed E-state index contributed by atoms with van der Waals surface area (Å²) in [5, 5.41) is 0. The zero-order valence-corrected chi connectivity index (χ0v) is 18.9. The third kappa shape index (κ3) is 4.35. The molecule has 1 aliphatic rings. The molecule has 0 amide bonds. The van der Waals surface area contributed by atoms with Gasteiger partial charge in [0.2, 0.25) is 0 Å². The summed E-state index contributed by atoms with van der Waals surface area (Å²) in [5.41, 5.74) is 5.36. The second kappa shape index (κ2) is 8.75. The van der Waals surface area contributed by atoms with Gasteiger partial charge in [-0.15, -0.1) is 0 Å². The van der Waals surface area contributed by atoms with Crippen LogP contribution in [0.3, 0.4) is 0 Å². The molecular formula is C22H28N2O5S. The Hall–Kier alpha value is -2.42. The van der Waals surface area contributed by atoms with Gasteiger partial charge in [-0.05, 0) is 55.7 Å². The maximum Gasteiger partial charge on any atom is 0.337 e. The van der Waals surface area contributed by atoms with E-state index in [1.54, 1.807) is 18.2 Å². The van der Waals surface area contributed by atoms with Crippen LogP contribution in [0.5, 0.6) is 5.75 Å². The Morgan fingerprint density at radius 3 is 2.13 bits per heavy atom. The number of hydrogen-bond acceptors (Lipinski definition) is 5. The Balaban J connectivity index is 1.84. The molecule has 1 saturated heterocycles. The lowest BCUT2D eigenvalue weighted by Gasteiger charge is -2.21. The minimum atomic E-state index is -3.64. The number of aryl methyl sites for hydroxylation is 3. The molecule has 0 atom stereocenters. The molecule has 0 spiro atoms. The molecule has 0 saturated carbocycles. The third-order valence-electron chi connectivity index (χ3n) is 5.47. The number of benzene rings is 2. The topological polar surface area (TPSA) is 76.2 Å². The Morgan fingerprint density at radius 2 is 1.57 bits per heavy atom. The van der Waals surface area contributed by atoms with Gasteiger partial charge in [0.15, 0.2) is 0 Å². The van der Waals surface area contributed by atoms with Gasteiger partial charge in [-0.3, -0.25) is 0 Å². The van der Waals surface area contributed by atoms with Crippen LogP contribution in [0.4, 0.5) is 0 Å². The van der Waals surface area contributed by atoms with E-state index < -0.39 is 16.2 Å². The molecule has 0 aliphatic carbocycles. The maximum atomic E-state index is 13.2. The third-order valence-corrected chi connectivity index (χ3v) is 7.40. The Kier molecular flexibility index (Phi) is 6.50. The molecular weight excluding hydrogens is 404 g/mol. The molecule has 8 heteroatoms. The second-order valence-electron chi connectivity index (χ2n) is 7.57. The zero-order chi connectivity index (χ0) is 22.1. The van der Waals surface area contributed by atoms with Gasteiger partial charge in [-0.2, -0.15) is 17.0 Å². The normalized spacial score (nSPS) is 16.6. The number of nitrogens with zero attached hydrogens (tertiary/aromatic N) is 2. The first kappa shape index (κ1) is 22.3. The van der Waals surface area contributed by atoms with Crippen LogP contribution in [0, 0.1) is 20.8 Å². The molecule has 0 aromatic heterocycles. The van der Waals surface area contributed by atoms with Crippen LogP contribution in [0.1, 0.15) is 38.2 Å². The van der Waals surface area contributed by atoms with Crippen molar-refractivity contribution in [3.8, 4) is 5.75 Å². The van der Waals surface area contributed by atoms with Crippen molar-refractivity contribution in [3.05, 3.63) is 63.7 Å².